The monoisotopic (exact) mass is 264 g/mol. The lowest BCUT2D eigenvalue weighted by Crippen LogP contribution is -1.99. The fourth-order valence-electron chi connectivity index (χ4n) is 1.72. The van der Waals surface area contributed by atoms with Crippen molar-refractivity contribution in [3.63, 3.8) is 0 Å². The maximum atomic E-state index is 4.35. The van der Waals surface area contributed by atoms with Crippen LogP contribution in [0.25, 0.3) is 11.3 Å². The van der Waals surface area contributed by atoms with Crippen molar-refractivity contribution in [3.8, 4) is 11.3 Å². The summed E-state index contributed by atoms with van der Waals surface area (Å²) in [5, 5.41) is 4.35. The minimum Gasteiger partial charge on any atom is -0.265 e. The molecule has 0 aliphatic heterocycles. The molecule has 2 aromatic rings. The van der Waals surface area contributed by atoms with Crippen molar-refractivity contribution in [1.29, 1.82) is 0 Å². The Kier molecular flexibility index (Phi) is 2.91. The van der Waals surface area contributed by atoms with Gasteiger partial charge in [0, 0.05) is 16.6 Å². The zero-order chi connectivity index (χ0) is 10.8. The maximum Gasteiger partial charge on any atom is 0.0722 e. The van der Waals surface area contributed by atoms with Gasteiger partial charge < -0.3 is 0 Å². The minimum atomic E-state index is 0.893. The summed E-state index contributed by atoms with van der Waals surface area (Å²) in [6, 6.07) is 8.24. The van der Waals surface area contributed by atoms with E-state index in [0.29, 0.717) is 0 Å². The molecule has 0 atom stereocenters. The van der Waals surface area contributed by atoms with E-state index in [1.807, 2.05) is 23.0 Å². The van der Waals surface area contributed by atoms with Crippen LogP contribution in [0.2, 0.25) is 0 Å². The van der Waals surface area contributed by atoms with Crippen LogP contribution in [0, 0.1) is 6.92 Å². The van der Waals surface area contributed by atoms with Crippen LogP contribution in [0.4, 0.5) is 0 Å². The van der Waals surface area contributed by atoms with Gasteiger partial charge in [-0.2, -0.15) is 5.10 Å². The van der Waals surface area contributed by atoms with Gasteiger partial charge in [0.1, 0.15) is 0 Å². The molecule has 0 aliphatic carbocycles. The Bertz CT molecular complexity index is 474. The van der Waals surface area contributed by atoms with Crippen LogP contribution in [0.15, 0.2) is 34.9 Å². The molecule has 0 aliphatic rings. The maximum absolute atomic E-state index is 4.35. The number of halogens is 1. The average molecular weight is 265 g/mol. The highest BCUT2D eigenvalue weighted by Gasteiger charge is 2.10. The van der Waals surface area contributed by atoms with Gasteiger partial charge in [-0.15, -0.1) is 0 Å². The fourth-order valence-corrected chi connectivity index (χ4v) is 2.20. The first-order valence-corrected chi connectivity index (χ1v) is 5.80. The molecule has 0 saturated carbocycles. The van der Waals surface area contributed by atoms with Crippen LogP contribution in [-0.2, 0) is 6.54 Å². The van der Waals surface area contributed by atoms with Crippen molar-refractivity contribution >= 4 is 15.9 Å². The second-order valence-electron chi connectivity index (χ2n) is 3.47. The Morgan fingerprint density at radius 1 is 1.33 bits per heavy atom. The topological polar surface area (TPSA) is 17.8 Å². The summed E-state index contributed by atoms with van der Waals surface area (Å²) in [6.07, 6.45) is 1.91. The Morgan fingerprint density at radius 2 is 2.07 bits per heavy atom. The highest BCUT2D eigenvalue weighted by Crippen LogP contribution is 2.30. The predicted molar refractivity (Wildman–Crippen MR) is 65.8 cm³/mol. The third-order valence-electron chi connectivity index (χ3n) is 2.45. The molecule has 0 fully saturated rings. The highest BCUT2D eigenvalue weighted by molar-refractivity contribution is 9.10. The normalized spacial score (nSPS) is 10.6. The molecule has 78 valence electrons. The molecule has 0 saturated heterocycles. The smallest absolute Gasteiger partial charge is 0.0722 e. The van der Waals surface area contributed by atoms with Gasteiger partial charge in [0.15, 0.2) is 0 Å². The largest absolute Gasteiger partial charge is 0.265 e. The third-order valence-corrected chi connectivity index (χ3v) is 3.14. The van der Waals surface area contributed by atoms with E-state index in [4.69, 9.17) is 0 Å². The molecule has 0 spiro atoms. The molecular weight excluding hydrogens is 252 g/mol. The second kappa shape index (κ2) is 4.19. The molecule has 0 radical (unpaired) electrons. The summed E-state index contributed by atoms with van der Waals surface area (Å²) in [5.41, 5.74) is 3.61. The van der Waals surface area contributed by atoms with Crippen molar-refractivity contribution in [2.45, 2.75) is 20.4 Å². The predicted octanol–water partition coefficient (Wildman–Crippen LogP) is 3.64. The molecule has 15 heavy (non-hydrogen) atoms. The zero-order valence-corrected chi connectivity index (χ0v) is 10.5. The van der Waals surface area contributed by atoms with Gasteiger partial charge >= 0.3 is 0 Å². The van der Waals surface area contributed by atoms with E-state index < -0.39 is 0 Å². The number of aromatic nitrogens is 2. The van der Waals surface area contributed by atoms with Gasteiger partial charge in [-0.1, -0.05) is 34.1 Å². The molecular formula is C12H13BrN2. The quantitative estimate of drug-likeness (QED) is 0.810. The summed E-state index contributed by atoms with van der Waals surface area (Å²) < 4.78 is 3.14. The summed E-state index contributed by atoms with van der Waals surface area (Å²) in [4.78, 5) is 0. The number of hydrogen-bond donors (Lipinski definition) is 0. The Balaban J connectivity index is 2.63. The van der Waals surface area contributed by atoms with Crippen LogP contribution in [0.1, 0.15) is 12.5 Å². The molecule has 0 N–H and O–H groups in total. The SMILES string of the molecule is CCn1ncc(C)c1-c1ccccc1Br. The van der Waals surface area contributed by atoms with Crippen molar-refractivity contribution < 1.29 is 0 Å². The van der Waals surface area contributed by atoms with E-state index in [2.05, 4.69) is 47.0 Å². The lowest BCUT2D eigenvalue weighted by atomic mass is 10.1. The molecule has 1 aromatic carbocycles. The van der Waals surface area contributed by atoms with E-state index in [9.17, 15) is 0 Å². The summed E-state index contributed by atoms with van der Waals surface area (Å²) >= 11 is 3.57. The lowest BCUT2D eigenvalue weighted by Gasteiger charge is -2.08. The molecule has 2 nitrogen and oxygen atoms in total. The standard InChI is InChI=1S/C12H13BrN2/c1-3-15-12(9(2)8-14-15)10-6-4-5-7-11(10)13/h4-8H,3H2,1-2H3. The van der Waals surface area contributed by atoms with Gasteiger partial charge in [0.05, 0.1) is 11.9 Å². The van der Waals surface area contributed by atoms with E-state index >= 15 is 0 Å². The van der Waals surface area contributed by atoms with Gasteiger partial charge in [-0.3, -0.25) is 4.68 Å². The summed E-state index contributed by atoms with van der Waals surface area (Å²) in [7, 11) is 0. The second-order valence-corrected chi connectivity index (χ2v) is 4.33. The minimum absolute atomic E-state index is 0.893. The van der Waals surface area contributed by atoms with E-state index in [-0.39, 0.29) is 0 Å². The Hall–Kier alpha value is -1.09. The van der Waals surface area contributed by atoms with Crippen molar-refractivity contribution in [2.24, 2.45) is 0 Å². The van der Waals surface area contributed by atoms with E-state index in [1.54, 1.807) is 0 Å². The number of hydrogen-bond acceptors (Lipinski definition) is 1. The molecule has 0 amide bonds. The molecule has 1 heterocycles. The third kappa shape index (κ3) is 1.84. The molecule has 0 bridgehead atoms. The van der Waals surface area contributed by atoms with Gasteiger partial charge in [0.2, 0.25) is 0 Å². The zero-order valence-electron chi connectivity index (χ0n) is 8.87. The van der Waals surface area contributed by atoms with Crippen molar-refractivity contribution in [1.82, 2.24) is 9.78 Å². The van der Waals surface area contributed by atoms with Crippen molar-refractivity contribution in [2.75, 3.05) is 0 Å². The van der Waals surface area contributed by atoms with Gasteiger partial charge in [-0.05, 0) is 25.5 Å². The van der Waals surface area contributed by atoms with Crippen LogP contribution < -0.4 is 0 Å². The first-order valence-electron chi connectivity index (χ1n) is 5.01. The molecule has 3 heteroatoms. The highest BCUT2D eigenvalue weighted by atomic mass is 79.9. The van der Waals surface area contributed by atoms with Crippen LogP contribution >= 0.6 is 15.9 Å². The first kappa shape index (κ1) is 10.4. The van der Waals surface area contributed by atoms with Gasteiger partial charge in [0.25, 0.3) is 0 Å². The fraction of sp³-hybridized carbons (Fsp3) is 0.250. The number of benzene rings is 1. The van der Waals surface area contributed by atoms with Crippen molar-refractivity contribution in [3.05, 3.63) is 40.5 Å². The molecule has 0 unspecified atom stereocenters. The van der Waals surface area contributed by atoms with E-state index in [1.165, 1.54) is 16.8 Å². The van der Waals surface area contributed by atoms with Crippen LogP contribution in [0.3, 0.4) is 0 Å². The number of rotatable bonds is 2. The summed E-state index contributed by atoms with van der Waals surface area (Å²) in [5.74, 6) is 0. The molecule has 1 aromatic heterocycles. The first-order chi connectivity index (χ1) is 7.24. The Labute approximate surface area is 98.1 Å². The average Bonchev–Trinajstić information content (AvgIpc) is 2.60. The van der Waals surface area contributed by atoms with Gasteiger partial charge in [-0.25, -0.2) is 0 Å². The number of nitrogens with zero attached hydrogens (tertiary/aromatic N) is 2. The lowest BCUT2D eigenvalue weighted by molar-refractivity contribution is 0.667. The number of aryl methyl sites for hydroxylation is 2. The van der Waals surface area contributed by atoms with Crippen LogP contribution in [-0.4, -0.2) is 9.78 Å². The van der Waals surface area contributed by atoms with Crippen LogP contribution in [0.5, 0.6) is 0 Å². The summed E-state index contributed by atoms with van der Waals surface area (Å²) in [6.45, 7) is 5.09. The molecule has 2 rings (SSSR count). The van der Waals surface area contributed by atoms with E-state index in [0.717, 1.165) is 11.0 Å². The Morgan fingerprint density at radius 3 is 2.73 bits per heavy atom.